The predicted octanol–water partition coefficient (Wildman–Crippen LogP) is 2.65. The van der Waals surface area contributed by atoms with Gasteiger partial charge in [0.1, 0.15) is 0 Å². The normalized spacial score (nSPS) is 23.8. The van der Waals surface area contributed by atoms with Gasteiger partial charge in [-0.25, -0.2) is 0 Å². The number of amides is 1. The molecular formula is C11H13Cl3N2O. The van der Waals surface area contributed by atoms with Gasteiger partial charge in [-0.15, -0.1) is 12.4 Å². The molecule has 6 heteroatoms. The van der Waals surface area contributed by atoms with E-state index in [0.29, 0.717) is 16.5 Å². The van der Waals surface area contributed by atoms with E-state index < -0.39 is 0 Å². The molecule has 1 amide bonds. The van der Waals surface area contributed by atoms with Crippen molar-refractivity contribution < 1.29 is 4.79 Å². The van der Waals surface area contributed by atoms with Crippen LogP contribution >= 0.6 is 35.6 Å². The molecule has 1 aliphatic rings. The highest BCUT2D eigenvalue weighted by atomic mass is 35.5. The van der Waals surface area contributed by atoms with Crippen LogP contribution in [0.2, 0.25) is 10.0 Å². The smallest absolute Gasteiger partial charge is 0.224 e. The second-order valence-electron chi connectivity index (χ2n) is 3.99. The Hall–Kier alpha value is -0.480. The molecule has 1 saturated heterocycles. The lowest BCUT2D eigenvalue weighted by molar-refractivity contribution is -0.127. The molecule has 0 aliphatic carbocycles. The topological polar surface area (TPSA) is 46.3 Å². The Bertz CT molecular complexity index is 439. The maximum Gasteiger partial charge on any atom is 0.224 e. The Morgan fingerprint density at radius 1 is 1.35 bits per heavy atom. The van der Waals surface area contributed by atoms with E-state index in [-0.39, 0.29) is 30.4 Å². The Morgan fingerprint density at radius 3 is 2.47 bits per heavy atom. The fraction of sp³-hybridized carbons (Fsp3) is 0.364. The zero-order valence-corrected chi connectivity index (χ0v) is 11.5. The average Bonchev–Trinajstić information content (AvgIpc) is 2.47. The third kappa shape index (κ3) is 2.68. The van der Waals surface area contributed by atoms with Crippen LogP contribution in [0.15, 0.2) is 18.2 Å². The van der Waals surface area contributed by atoms with Crippen molar-refractivity contribution in [2.45, 2.75) is 18.5 Å². The third-order valence-corrected chi connectivity index (χ3v) is 3.65. The van der Waals surface area contributed by atoms with Crippen molar-refractivity contribution in [3.8, 4) is 0 Å². The molecule has 1 aromatic rings. The van der Waals surface area contributed by atoms with Gasteiger partial charge in [0, 0.05) is 19.5 Å². The van der Waals surface area contributed by atoms with Crippen molar-refractivity contribution in [3.05, 3.63) is 33.8 Å². The van der Waals surface area contributed by atoms with Gasteiger partial charge in [-0.05, 0) is 17.7 Å². The van der Waals surface area contributed by atoms with Crippen LogP contribution in [-0.4, -0.2) is 23.9 Å². The number of carbonyl (C=O) groups excluding carboxylic acids is 1. The van der Waals surface area contributed by atoms with Gasteiger partial charge in [-0.3, -0.25) is 4.79 Å². The van der Waals surface area contributed by atoms with E-state index in [2.05, 4.69) is 0 Å². The lowest BCUT2D eigenvalue weighted by Gasteiger charge is -2.23. The minimum Gasteiger partial charge on any atom is -0.337 e. The summed E-state index contributed by atoms with van der Waals surface area (Å²) < 4.78 is 0. The summed E-state index contributed by atoms with van der Waals surface area (Å²) in [5.74, 6) is 0.0589. The Morgan fingerprint density at radius 2 is 2.00 bits per heavy atom. The molecule has 0 radical (unpaired) electrons. The minimum atomic E-state index is -0.185. The quantitative estimate of drug-likeness (QED) is 0.866. The molecular weight excluding hydrogens is 282 g/mol. The van der Waals surface area contributed by atoms with Crippen LogP contribution in [-0.2, 0) is 4.79 Å². The monoisotopic (exact) mass is 294 g/mol. The molecule has 0 unspecified atom stereocenters. The minimum absolute atomic E-state index is 0. The van der Waals surface area contributed by atoms with E-state index in [1.165, 1.54) is 0 Å². The van der Waals surface area contributed by atoms with E-state index in [0.717, 1.165) is 5.56 Å². The lowest BCUT2D eigenvalue weighted by Crippen LogP contribution is -2.30. The number of likely N-dealkylation sites (N-methyl/N-ethyl adjacent to an activating group) is 1. The molecule has 1 aliphatic heterocycles. The van der Waals surface area contributed by atoms with Crippen molar-refractivity contribution in [1.29, 1.82) is 0 Å². The van der Waals surface area contributed by atoms with Crippen molar-refractivity contribution in [3.63, 3.8) is 0 Å². The maximum absolute atomic E-state index is 11.5. The summed E-state index contributed by atoms with van der Waals surface area (Å²) >= 11 is 11.8. The zero-order valence-electron chi connectivity index (χ0n) is 9.19. The first kappa shape index (κ1) is 14.6. The summed E-state index contributed by atoms with van der Waals surface area (Å²) in [5, 5.41) is 0.991. The average molecular weight is 296 g/mol. The number of hydrogen-bond acceptors (Lipinski definition) is 2. The molecule has 0 saturated carbocycles. The Labute approximate surface area is 116 Å². The van der Waals surface area contributed by atoms with Crippen LogP contribution in [0.5, 0.6) is 0 Å². The number of carbonyl (C=O) groups is 1. The summed E-state index contributed by atoms with van der Waals surface area (Å²) in [7, 11) is 1.75. The van der Waals surface area contributed by atoms with Crippen LogP contribution < -0.4 is 5.73 Å². The highest BCUT2D eigenvalue weighted by molar-refractivity contribution is 6.42. The largest absolute Gasteiger partial charge is 0.337 e. The molecule has 1 fully saturated rings. The van der Waals surface area contributed by atoms with Gasteiger partial charge >= 0.3 is 0 Å². The first-order valence-electron chi connectivity index (χ1n) is 4.97. The highest BCUT2D eigenvalue weighted by Gasteiger charge is 2.36. The predicted molar refractivity (Wildman–Crippen MR) is 71.8 cm³/mol. The number of likely N-dealkylation sites (tertiary alicyclic amines) is 1. The van der Waals surface area contributed by atoms with Crippen molar-refractivity contribution in [2.75, 3.05) is 7.05 Å². The van der Waals surface area contributed by atoms with E-state index in [1.807, 2.05) is 6.07 Å². The molecule has 2 rings (SSSR count). The summed E-state index contributed by atoms with van der Waals surface area (Å²) in [4.78, 5) is 13.2. The third-order valence-electron chi connectivity index (χ3n) is 2.91. The van der Waals surface area contributed by atoms with Crippen molar-refractivity contribution >= 4 is 41.5 Å². The summed E-state index contributed by atoms with van der Waals surface area (Å²) in [6.07, 6.45) is 0.376. The molecule has 94 valence electrons. The van der Waals surface area contributed by atoms with E-state index in [4.69, 9.17) is 28.9 Å². The molecule has 0 bridgehead atoms. The number of benzene rings is 1. The number of nitrogens with zero attached hydrogens (tertiary/aromatic N) is 1. The summed E-state index contributed by atoms with van der Waals surface area (Å²) in [6.45, 7) is 0. The van der Waals surface area contributed by atoms with E-state index in [1.54, 1.807) is 24.1 Å². The van der Waals surface area contributed by atoms with Crippen molar-refractivity contribution in [2.24, 2.45) is 5.73 Å². The number of halogens is 3. The van der Waals surface area contributed by atoms with Crippen LogP contribution in [0.4, 0.5) is 0 Å². The molecule has 17 heavy (non-hydrogen) atoms. The number of hydrogen-bond donors (Lipinski definition) is 1. The fourth-order valence-electron chi connectivity index (χ4n) is 2.07. The number of rotatable bonds is 1. The molecule has 3 nitrogen and oxygen atoms in total. The van der Waals surface area contributed by atoms with Crippen LogP contribution in [0.3, 0.4) is 0 Å². The number of nitrogens with two attached hydrogens (primary N) is 1. The molecule has 1 heterocycles. The highest BCUT2D eigenvalue weighted by Crippen LogP contribution is 2.33. The van der Waals surface area contributed by atoms with Gasteiger partial charge in [0.2, 0.25) is 5.91 Å². The Balaban J connectivity index is 0.00000144. The standard InChI is InChI=1S/C11H12Cl2N2O.ClH/c1-15-10(16)5-9(14)11(15)6-2-3-7(12)8(13)4-6;/h2-4,9,11H,5,14H2,1H3;1H/t9-,11+;/m0./s1. The van der Waals surface area contributed by atoms with Gasteiger partial charge < -0.3 is 10.6 Å². The molecule has 0 aromatic heterocycles. The van der Waals surface area contributed by atoms with Crippen LogP contribution in [0.1, 0.15) is 18.0 Å². The molecule has 0 spiro atoms. The van der Waals surface area contributed by atoms with Gasteiger partial charge in [-0.2, -0.15) is 0 Å². The first-order chi connectivity index (χ1) is 7.50. The maximum atomic E-state index is 11.5. The van der Waals surface area contributed by atoms with Gasteiger partial charge in [0.15, 0.2) is 0 Å². The first-order valence-corrected chi connectivity index (χ1v) is 5.72. The van der Waals surface area contributed by atoms with Crippen LogP contribution in [0.25, 0.3) is 0 Å². The molecule has 2 atom stereocenters. The lowest BCUT2D eigenvalue weighted by atomic mass is 10.0. The van der Waals surface area contributed by atoms with Crippen molar-refractivity contribution in [1.82, 2.24) is 4.90 Å². The van der Waals surface area contributed by atoms with Gasteiger partial charge in [-0.1, -0.05) is 29.3 Å². The van der Waals surface area contributed by atoms with E-state index in [9.17, 15) is 4.79 Å². The van der Waals surface area contributed by atoms with Gasteiger partial charge in [0.05, 0.1) is 16.1 Å². The van der Waals surface area contributed by atoms with Crippen LogP contribution in [0, 0.1) is 0 Å². The zero-order chi connectivity index (χ0) is 11.9. The SMILES string of the molecule is CN1C(=O)C[C@H](N)[C@H]1c1ccc(Cl)c(Cl)c1.Cl. The van der Waals surface area contributed by atoms with Gasteiger partial charge in [0.25, 0.3) is 0 Å². The second-order valence-corrected chi connectivity index (χ2v) is 4.81. The summed E-state index contributed by atoms with van der Waals surface area (Å²) in [6, 6.07) is 5.05. The Kier molecular flexibility index (Phi) is 4.67. The summed E-state index contributed by atoms with van der Waals surface area (Å²) in [5.41, 5.74) is 6.87. The van der Waals surface area contributed by atoms with E-state index >= 15 is 0 Å². The molecule has 2 N–H and O–H groups in total. The fourth-order valence-corrected chi connectivity index (χ4v) is 2.37. The molecule has 1 aromatic carbocycles. The second kappa shape index (κ2) is 5.44.